The summed E-state index contributed by atoms with van der Waals surface area (Å²) < 4.78 is 1.99. The number of anilines is 1. The maximum atomic E-state index is 6.15. The van der Waals surface area contributed by atoms with E-state index in [1.165, 1.54) is 0 Å². The van der Waals surface area contributed by atoms with Crippen molar-refractivity contribution in [2.24, 2.45) is 0 Å². The maximum absolute atomic E-state index is 6.15. The van der Waals surface area contributed by atoms with Crippen molar-refractivity contribution in [3.63, 3.8) is 0 Å². The fourth-order valence-electron chi connectivity index (χ4n) is 2.61. The summed E-state index contributed by atoms with van der Waals surface area (Å²) in [6.07, 6.45) is 5.29. The zero-order valence-corrected chi connectivity index (χ0v) is 13.5. The van der Waals surface area contributed by atoms with Crippen molar-refractivity contribution in [1.82, 2.24) is 19.5 Å². The summed E-state index contributed by atoms with van der Waals surface area (Å²) in [6, 6.07) is 15.6. The highest BCUT2D eigenvalue weighted by Gasteiger charge is 2.10. The van der Waals surface area contributed by atoms with E-state index >= 15 is 0 Å². The van der Waals surface area contributed by atoms with Crippen molar-refractivity contribution >= 4 is 28.5 Å². The standard InChI is InChI=1S/C18H14ClN5/c19-14-6-4-9-20-17(14)22-11-13-5-3-10-21-18(13)24-12-23-15-7-1-2-8-16(15)24/h1-10,12H,11H2,(H,20,22). The molecule has 5 nitrogen and oxygen atoms in total. The van der Waals surface area contributed by atoms with Gasteiger partial charge in [-0.05, 0) is 30.3 Å². The zero-order valence-electron chi connectivity index (χ0n) is 12.7. The molecule has 0 aliphatic rings. The molecule has 3 aromatic heterocycles. The number of aromatic nitrogens is 4. The fourth-order valence-corrected chi connectivity index (χ4v) is 2.80. The van der Waals surface area contributed by atoms with Crippen LogP contribution in [0.1, 0.15) is 5.56 Å². The van der Waals surface area contributed by atoms with Crippen LogP contribution in [0, 0.1) is 0 Å². The Morgan fingerprint density at radius 2 is 1.75 bits per heavy atom. The van der Waals surface area contributed by atoms with Crippen LogP contribution < -0.4 is 5.32 Å². The maximum Gasteiger partial charge on any atom is 0.145 e. The number of rotatable bonds is 4. The highest BCUT2D eigenvalue weighted by Crippen LogP contribution is 2.22. The summed E-state index contributed by atoms with van der Waals surface area (Å²) in [7, 11) is 0. The largest absolute Gasteiger partial charge is 0.365 e. The normalized spacial score (nSPS) is 10.9. The van der Waals surface area contributed by atoms with Gasteiger partial charge in [-0.2, -0.15) is 0 Å². The second-order valence-electron chi connectivity index (χ2n) is 5.28. The van der Waals surface area contributed by atoms with Gasteiger partial charge in [0.25, 0.3) is 0 Å². The van der Waals surface area contributed by atoms with Gasteiger partial charge in [0, 0.05) is 24.5 Å². The van der Waals surface area contributed by atoms with Crippen molar-refractivity contribution in [2.45, 2.75) is 6.54 Å². The number of imidazole rings is 1. The van der Waals surface area contributed by atoms with Crippen molar-refractivity contribution in [2.75, 3.05) is 5.32 Å². The number of halogens is 1. The second kappa shape index (κ2) is 6.29. The number of fused-ring (bicyclic) bond motifs is 1. The van der Waals surface area contributed by atoms with Gasteiger partial charge in [0.2, 0.25) is 0 Å². The Kier molecular flexibility index (Phi) is 3.84. The van der Waals surface area contributed by atoms with Crippen molar-refractivity contribution in [1.29, 1.82) is 0 Å². The van der Waals surface area contributed by atoms with Crippen LogP contribution in [0.15, 0.2) is 67.3 Å². The van der Waals surface area contributed by atoms with E-state index in [-0.39, 0.29) is 0 Å². The van der Waals surface area contributed by atoms with Crippen LogP contribution in [0.4, 0.5) is 5.82 Å². The second-order valence-corrected chi connectivity index (χ2v) is 5.68. The molecule has 0 unspecified atom stereocenters. The fraction of sp³-hybridized carbons (Fsp3) is 0.0556. The van der Waals surface area contributed by atoms with E-state index in [0.29, 0.717) is 17.4 Å². The molecule has 0 radical (unpaired) electrons. The Morgan fingerprint density at radius 3 is 2.67 bits per heavy atom. The molecule has 0 saturated carbocycles. The number of nitrogens with zero attached hydrogens (tertiary/aromatic N) is 4. The number of nitrogens with one attached hydrogen (secondary N) is 1. The van der Waals surface area contributed by atoms with E-state index < -0.39 is 0 Å². The average molecular weight is 336 g/mol. The SMILES string of the molecule is Clc1cccnc1NCc1cccnc1-n1cnc2ccccc21. The lowest BCUT2D eigenvalue weighted by Crippen LogP contribution is -2.07. The van der Waals surface area contributed by atoms with Gasteiger partial charge in [0.1, 0.15) is 18.0 Å². The van der Waals surface area contributed by atoms with Crippen molar-refractivity contribution < 1.29 is 0 Å². The van der Waals surface area contributed by atoms with E-state index in [1.54, 1.807) is 24.8 Å². The van der Waals surface area contributed by atoms with Crippen LogP contribution in [0.2, 0.25) is 5.02 Å². The predicted molar refractivity (Wildman–Crippen MR) is 95.4 cm³/mol. The topological polar surface area (TPSA) is 55.6 Å². The first-order valence-electron chi connectivity index (χ1n) is 7.53. The Labute approximate surface area is 144 Å². The quantitative estimate of drug-likeness (QED) is 0.610. The van der Waals surface area contributed by atoms with Crippen LogP contribution in [0.25, 0.3) is 16.9 Å². The van der Waals surface area contributed by atoms with E-state index in [9.17, 15) is 0 Å². The van der Waals surface area contributed by atoms with E-state index in [0.717, 1.165) is 22.4 Å². The molecule has 0 atom stereocenters. The number of para-hydroxylation sites is 2. The molecular formula is C18H14ClN5. The van der Waals surface area contributed by atoms with Gasteiger partial charge in [0.05, 0.1) is 16.1 Å². The molecule has 0 amide bonds. The first-order chi connectivity index (χ1) is 11.8. The zero-order chi connectivity index (χ0) is 16.4. The third kappa shape index (κ3) is 2.70. The molecule has 118 valence electrons. The Morgan fingerprint density at radius 1 is 0.917 bits per heavy atom. The van der Waals surface area contributed by atoms with E-state index in [2.05, 4.69) is 20.3 Å². The average Bonchev–Trinajstić information content (AvgIpc) is 3.05. The van der Waals surface area contributed by atoms with Crippen LogP contribution in [-0.2, 0) is 6.54 Å². The Bertz CT molecular complexity index is 995. The lowest BCUT2D eigenvalue weighted by molar-refractivity contribution is 0.968. The van der Waals surface area contributed by atoms with Gasteiger partial charge in [-0.1, -0.05) is 29.8 Å². The number of pyridine rings is 2. The summed E-state index contributed by atoms with van der Waals surface area (Å²) in [5.41, 5.74) is 2.99. The summed E-state index contributed by atoms with van der Waals surface area (Å²) in [5.74, 6) is 1.50. The molecule has 4 aromatic rings. The number of hydrogen-bond acceptors (Lipinski definition) is 4. The smallest absolute Gasteiger partial charge is 0.145 e. The molecular weight excluding hydrogens is 322 g/mol. The van der Waals surface area contributed by atoms with E-state index in [4.69, 9.17) is 11.6 Å². The van der Waals surface area contributed by atoms with Crippen LogP contribution in [0.5, 0.6) is 0 Å². The Balaban J connectivity index is 1.70. The third-order valence-corrected chi connectivity index (χ3v) is 4.06. The molecule has 3 heterocycles. The van der Waals surface area contributed by atoms with Crippen molar-refractivity contribution in [3.8, 4) is 5.82 Å². The minimum Gasteiger partial charge on any atom is -0.365 e. The molecule has 0 saturated heterocycles. The molecule has 0 spiro atoms. The Hall–Kier alpha value is -2.92. The predicted octanol–water partition coefficient (Wildman–Crippen LogP) is 4.08. The molecule has 0 fully saturated rings. The first-order valence-corrected chi connectivity index (χ1v) is 7.91. The lowest BCUT2D eigenvalue weighted by atomic mass is 10.2. The highest BCUT2D eigenvalue weighted by atomic mass is 35.5. The van der Waals surface area contributed by atoms with Gasteiger partial charge < -0.3 is 5.32 Å². The van der Waals surface area contributed by atoms with Crippen LogP contribution >= 0.6 is 11.6 Å². The molecule has 1 aromatic carbocycles. The highest BCUT2D eigenvalue weighted by molar-refractivity contribution is 6.32. The summed E-state index contributed by atoms with van der Waals surface area (Å²) in [5, 5.41) is 3.86. The summed E-state index contributed by atoms with van der Waals surface area (Å²) in [4.78, 5) is 13.2. The number of hydrogen-bond donors (Lipinski definition) is 1. The molecule has 0 aliphatic heterocycles. The summed E-state index contributed by atoms with van der Waals surface area (Å²) in [6.45, 7) is 0.562. The van der Waals surface area contributed by atoms with Gasteiger partial charge in [0.15, 0.2) is 0 Å². The van der Waals surface area contributed by atoms with Gasteiger partial charge in [-0.25, -0.2) is 15.0 Å². The van der Waals surface area contributed by atoms with Gasteiger partial charge >= 0.3 is 0 Å². The molecule has 24 heavy (non-hydrogen) atoms. The molecule has 4 rings (SSSR count). The van der Waals surface area contributed by atoms with Gasteiger partial charge in [-0.15, -0.1) is 0 Å². The first kappa shape index (κ1) is 14.7. The summed E-state index contributed by atoms with van der Waals surface area (Å²) >= 11 is 6.15. The van der Waals surface area contributed by atoms with Crippen molar-refractivity contribution in [3.05, 3.63) is 77.8 Å². The third-order valence-electron chi connectivity index (χ3n) is 3.75. The van der Waals surface area contributed by atoms with Crippen LogP contribution in [-0.4, -0.2) is 19.5 Å². The molecule has 0 aliphatic carbocycles. The minimum absolute atomic E-state index is 0.562. The minimum atomic E-state index is 0.562. The molecule has 1 N–H and O–H groups in total. The number of benzene rings is 1. The molecule has 0 bridgehead atoms. The van der Waals surface area contributed by atoms with Crippen LogP contribution in [0.3, 0.4) is 0 Å². The van der Waals surface area contributed by atoms with Gasteiger partial charge in [-0.3, -0.25) is 4.57 Å². The monoisotopic (exact) mass is 335 g/mol. The molecule has 6 heteroatoms. The van der Waals surface area contributed by atoms with E-state index in [1.807, 2.05) is 47.0 Å². The lowest BCUT2D eigenvalue weighted by Gasteiger charge is -2.12.